The summed E-state index contributed by atoms with van der Waals surface area (Å²) in [5.74, 6) is 0. The van der Waals surface area contributed by atoms with Crippen LogP contribution in [0.1, 0.15) is 19.8 Å². The van der Waals surface area contributed by atoms with E-state index in [9.17, 15) is 4.79 Å². The van der Waals surface area contributed by atoms with Gasteiger partial charge in [-0.25, -0.2) is 0 Å². The number of carbonyl (C=O) groups excluding carboxylic acids is 1. The molecule has 64 valence electrons. The Kier molecular flexibility index (Phi) is 2.88. The lowest BCUT2D eigenvalue weighted by Gasteiger charge is -2.23. The molecule has 1 aliphatic rings. The van der Waals surface area contributed by atoms with Gasteiger partial charge in [0.15, 0.2) is 0 Å². The summed E-state index contributed by atoms with van der Waals surface area (Å²) in [5.41, 5.74) is 0. The number of nitrogens with one attached hydrogen (secondary N) is 1. The van der Waals surface area contributed by atoms with Crippen LogP contribution in [0.25, 0.3) is 0 Å². The number of amides is 1. The minimum absolute atomic E-state index is 0.465. The van der Waals surface area contributed by atoms with E-state index < -0.39 is 0 Å². The molecule has 1 N–H and O–H groups in total. The van der Waals surface area contributed by atoms with Crippen molar-refractivity contribution in [1.82, 2.24) is 10.2 Å². The van der Waals surface area contributed by atoms with E-state index in [2.05, 4.69) is 24.2 Å². The average Bonchev–Trinajstić information content (AvgIpc) is 2.81. The van der Waals surface area contributed by atoms with E-state index in [1.54, 1.807) is 0 Å². The Morgan fingerprint density at radius 2 is 2.36 bits per heavy atom. The van der Waals surface area contributed by atoms with Crippen molar-refractivity contribution in [2.45, 2.75) is 31.8 Å². The van der Waals surface area contributed by atoms with Crippen LogP contribution >= 0.6 is 0 Å². The molecule has 3 nitrogen and oxygen atoms in total. The van der Waals surface area contributed by atoms with Crippen LogP contribution in [0.15, 0.2) is 0 Å². The Morgan fingerprint density at radius 3 is 2.82 bits per heavy atom. The Bertz CT molecular complexity index is 134. The Morgan fingerprint density at radius 1 is 1.73 bits per heavy atom. The van der Waals surface area contributed by atoms with Crippen molar-refractivity contribution in [3.63, 3.8) is 0 Å². The lowest BCUT2D eigenvalue weighted by molar-refractivity contribution is -0.109. The van der Waals surface area contributed by atoms with E-state index in [4.69, 9.17) is 0 Å². The van der Waals surface area contributed by atoms with Crippen LogP contribution in [0, 0.1) is 0 Å². The normalized spacial score (nSPS) is 19.9. The van der Waals surface area contributed by atoms with Crippen molar-refractivity contribution < 1.29 is 4.79 Å². The smallest absolute Gasteiger partial charge is 0.207 e. The minimum atomic E-state index is 0.465. The van der Waals surface area contributed by atoms with E-state index >= 15 is 0 Å². The molecule has 0 heterocycles. The van der Waals surface area contributed by atoms with Gasteiger partial charge in [0.25, 0.3) is 0 Å². The summed E-state index contributed by atoms with van der Waals surface area (Å²) in [7, 11) is 2.12. The topological polar surface area (TPSA) is 32.3 Å². The molecule has 1 rings (SSSR count). The zero-order valence-electron chi connectivity index (χ0n) is 7.21. The van der Waals surface area contributed by atoms with Crippen molar-refractivity contribution in [3.05, 3.63) is 0 Å². The van der Waals surface area contributed by atoms with Gasteiger partial charge in [-0.3, -0.25) is 9.69 Å². The third kappa shape index (κ3) is 2.50. The van der Waals surface area contributed by atoms with Gasteiger partial charge in [0.05, 0.1) is 0 Å². The highest BCUT2D eigenvalue weighted by Crippen LogP contribution is 2.26. The molecule has 1 unspecified atom stereocenters. The first kappa shape index (κ1) is 8.53. The van der Waals surface area contributed by atoms with Crippen molar-refractivity contribution in [3.8, 4) is 0 Å². The molecule has 1 aliphatic carbocycles. The highest BCUT2D eigenvalue weighted by atomic mass is 16.1. The standard InChI is InChI=1S/C8H16N2O/c1-7(5-9-6-11)10(2)8-3-4-8/h6-8H,3-5H2,1-2H3,(H,9,11). The summed E-state index contributed by atoms with van der Waals surface area (Å²) in [6, 6.07) is 1.24. The van der Waals surface area contributed by atoms with Gasteiger partial charge < -0.3 is 5.32 Å². The summed E-state index contributed by atoms with van der Waals surface area (Å²) < 4.78 is 0. The zero-order chi connectivity index (χ0) is 8.27. The average molecular weight is 156 g/mol. The van der Waals surface area contributed by atoms with Crippen molar-refractivity contribution in [1.29, 1.82) is 0 Å². The monoisotopic (exact) mass is 156 g/mol. The minimum Gasteiger partial charge on any atom is -0.357 e. The lowest BCUT2D eigenvalue weighted by atomic mass is 10.3. The molecule has 0 saturated heterocycles. The molecule has 0 aromatic heterocycles. The molecular weight excluding hydrogens is 140 g/mol. The molecule has 1 fully saturated rings. The summed E-state index contributed by atoms with van der Waals surface area (Å²) in [5, 5.41) is 2.69. The van der Waals surface area contributed by atoms with Crippen molar-refractivity contribution in [2.24, 2.45) is 0 Å². The molecule has 0 radical (unpaired) electrons. The second-order valence-electron chi connectivity index (χ2n) is 3.27. The van der Waals surface area contributed by atoms with Crippen LogP contribution in [-0.4, -0.2) is 37.0 Å². The van der Waals surface area contributed by atoms with Gasteiger partial charge in [0.2, 0.25) is 6.41 Å². The van der Waals surface area contributed by atoms with Crippen LogP contribution < -0.4 is 5.32 Å². The maximum Gasteiger partial charge on any atom is 0.207 e. The lowest BCUT2D eigenvalue weighted by Crippen LogP contribution is -2.38. The van der Waals surface area contributed by atoms with Gasteiger partial charge >= 0.3 is 0 Å². The summed E-state index contributed by atoms with van der Waals surface area (Å²) >= 11 is 0. The van der Waals surface area contributed by atoms with E-state index in [1.165, 1.54) is 12.8 Å². The first-order valence-electron chi connectivity index (χ1n) is 4.14. The Balaban J connectivity index is 2.15. The fraction of sp³-hybridized carbons (Fsp3) is 0.875. The number of rotatable bonds is 5. The number of likely N-dealkylation sites (N-methyl/N-ethyl adjacent to an activating group) is 1. The van der Waals surface area contributed by atoms with Gasteiger partial charge in [-0.2, -0.15) is 0 Å². The fourth-order valence-electron chi connectivity index (χ4n) is 1.20. The Labute approximate surface area is 67.8 Å². The predicted octanol–water partition coefficient (Wildman–Crippen LogP) is 0.215. The molecule has 0 aliphatic heterocycles. The maximum absolute atomic E-state index is 9.99. The molecule has 11 heavy (non-hydrogen) atoms. The molecule has 0 aromatic rings. The first-order chi connectivity index (χ1) is 5.25. The summed E-state index contributed by atoms with van der Waals surface area (Å²) in [6.45, 7) is 2.89. The van der Waals surface area contributed by atoms with Crippen molar-refractivity contribution in [2.75, 3.05) is 13.6 Å². The van der Waals surface area contributed by atoms with Crippen LogP contribution in [0.3, 0.4) is 0 Å². The third-order valence-electron chi connectivity index (χ3n) is 2.31. The van der Waals surface area contributed by atoms with Gasteiger partial charge in [-0.05, 0) is 26.8 Å². The van der Waals surface area contributed by atoms with E-state index in [-0.39, 0.29) is 0 Å². The van der Waals surface area contributed by atoms with Gasteiger partial charge in [-0.1, -0.05) is 0 Å². The van der Waals surface area contributed by atoms with Gasteiger partial charge in [-0.15, -0.1) is 0 Å². The van der Waals surface area contributed by atoms with Crippen molar-refractivity contribution >= 4 is 6.41 Å². The third-order valence-corrected chi connectivity index (χ3v) is 2.31. The first-order valence-corrected chi connectivity index (χ1v) is 4.14. The highest BCUT2D eigenvalue weighted by molar-refractivity contribution is 5.45. The molecule has 1 amide bonds. The zero-order valence-corrected chi connectivity index (χ0v) is 7.21. The number of nitrogens with zero attached hydrogens (tertiary/aromatic N) is 1. The molecule has 0 bridgehead atoms. The molecule has 1 atom stereocenters. The van der Waals surface area contributed by atoms with Gasteiger partial charge in [0.1, 0.15) is 0 Å². The molecule has 0 aromatic carbocycles. The van der Waals surface area contributed by atoms with E-state index in [0.717, 1.165) is 19.0 Å². The number of hydrogen-bond donors (Lipinski definition) is 1. The largest absolute Gasteiger partial charge is 0.357 e. The summed E-state index contributed by atoms with van der Waals surface area (Å²) in [4.78, 5) is 12.3. The maximum atomic E-state index is 9.99. The Hall–Kier alpha value is -0.570. The van der Waals surface area contributed by atoms with Crippen LogP contribution in [0.2, 0.25) is 0 Å². The fourth-order valence-corrected chi connectivity index (χ4v) is 1.20. The molecule has 1 saturated carbocycles. The van der Waals surface area contributed by atoms with E-state index in [0.29, 0.717) is 6.04 Å². The molecule has 0 spiro atoms. The van der Waals surface area contributed by atoms with Crippen LogP contribution in [0.5, 0.6) is 0 Å². The summed E-state index contributed by atoms with van der Waals surface area (Å²) in [6.07, 6.45) is 3.40. The number of carbonyl (C=O) groups is 1. The molecule has 3 heteroatoms. The SMILES string of the molecule is CC(CNC=O)N(C)C1CC1. The highest BCUT2D eigenvalue weighted by Gasteiger charge is 2.28. The number of hydrogen-bond acceptors (Lipinski definition) is 2. The molecular formula is C8H16N2O. The quantitative estimate of drug-likeness (QED) is 0.577. The van der Waals surface area contributed by atoms with Gasteiger partial charge in [0, 0.05) is 18.6 Å². The van der Waals surface area contributed by atoms with E-state index in [1.807, 2.05) is 0 Å². The van der Waals surface area contributed by atoms with Crippen LogP contribution in [0.4, 0.5) is 0 Å². The second kappa shape index (κ2) is 3.72. The van der Waals surface area contributed by atoms with Crippen LogP contribution in [-0.2, 0) is 4.79 Å². The predicted molar refractivity (Wildman–Crippen MR) is 44.3 cm³/mol. The second-order valence-corrected chi connectivity index (χ2v) is 3.27.